The van der Waals surface area contributed by atoms with Crippen molar-refractivity contribution in [1.82, 2.24) is 10.6 Å². The van der Waals surface area contributed by atoms with Gasteiger partial charge in [0.2, 0.25) is 0 Å². The summed E-state index contributed by atoms with van der Waals surface area (Å²) in [6.45, 7) is 5.35. The van der Waals surface area contributed by atoms with E-state index in [-0.39, 0.29) is 11.9 Å². The molecule has 0 saturated heterocycles. The summed E-state index contributed by atoms with van der Waals surface area (Å²) in [5.41, 5.74) is 2.71. The second-order valence-electron chi connectivity index (χ2n) is 6.86. The SMILES string of the molecule is CCOC(=O)C1CCC(NC(=NC)NCCc2ccc(CC)cc2)CC1. The number of guanidine groups is 1. The largest absolute Gasteiger partial charge is 0.466 e. The van der Waals surface area contributed by atoms with Crippen molar-refractivity contribution < 1.29 is 9.53 Å². The number of hydrogen-bond acceptors (Lipinski definition) is 3. The summed E-state index contributed by atoms with van der Waals surface area (Å²) in [5, 5.41) is 6.88. The number of rotatable bonds is 7. The highest BCUT2D eigenvalue weighted by Crippen LogP contribution is 2.25. The molecule has 0 aliphatic heterocycles. The van der Waals surface area contributed by atoms with Crippen molar-refractivity contribution >= 4 is 11.9 Å². The van der Waals surface area contributed by atoms with Crippen LogP contribution in [0.2, 0.25) is 0 Å². The van der Waals surface area contributed by atoms with Gasteiger partial charge in [0.15, 0.2) is 5.96 Å². The van der Waals surface area contributed by atoms with Gasteiger partial charge in [-0.3, -0.25) is 9.79 Å². The van der Waals surface area contributed by atoms with Crippen LogP contribution in [0.25, 0.3) is 0 Å². The number of aliphatic imine (C=N–C) groups is 1. The van der Waals surface area contributed by atoms with Crippen LogP contribution in [0.3, 0.4) is 0 Å². The van der Waals surface area contributed by atoms with Gasteiger partial charge in [0.25, 0.3) is 0 Å². The Morgan fingerprint density at radius 3 is 2.35 bits per heavy atom. The number of nitrogens with one attached hydrogen (secondary N) is 2. The quantitative estimate of drug-likeness (QED) is 0.446. The van der Waals surface area contributed by atoms with E-state index in [1.807, 2.05) is 6.92 Å². The lowest BCUT2D eigenvalue weighted by molar-refractivity contribution is -0.149. The minimum absolute atomic E-state index is 0.0393. The maximum atomic E-state index is 11.8. The molecule has 26 heavy (non-hydrogen) atoms. The van der Waals surface area contributed by atoms with Crippen LogP contribution in [0, 0.1) is 5.92 Å². The van der Waals surface area contributed by atoms with E-state index >= 15 is 0 Å². The Morgan fingerprint density at radius 2 is 1.77 bits per heavy atom. The number of nitrogens with zero attached hydrogens (tertiary/aromatic N) is 1. The Hall–Kier alpha value is -2.04. The molecule has 1 fully saturated rings. The van der Waals surface area contributed by atoms with Crippen molar-refractivity contribution in [3.05, 3.63) is 35.4 Å². The summed E-state index contributed by atoms with van der Waals surface area (Å²) in [6.07, 6.45) is 5.77. The van der Waals surface area contributed by atoms with E-state index in [0.717, 1.165) is 51.0 Å². The van der Waals surface area contributed by atoms with Crippen LogP contribution < -0.4 is 10.6 Å². The van der Waals surface area contributed by atoms with Gasteiger partial charge in [0.05, 0.1) is 12.5 Å². The van der Waals surface area contributed by atoms with E-state index < -0.39 is 0 Å². The molecule has 1 aromatic carbocycles. The first kappa shape index (κ1) is 20.3. The van der Waals surface area contributed by atoms with Gasteiger partial charge in [-0.15, -0.1) is 0 Å². The molecule has 0 radical (unpaired) electrons. The van der Waals surface area contributed by atoms with E-state index in [1.54, 1.807) is 7.05 Å². The molecule has 144 valence electrons. The number of ether oxygens (including phenoxy) is 1. The highest BCUT2D eigenvalue weighted by atomic mass is 16.5. The standard InChI is InChI=1S/C21H33N3O2/c1-4-16-6-8-17(9-7-16)14-15-23-21(22-3)24-19-12-10-18(11-13-19)20(25)26-5-2/h6-9,18-19H,4-5,10-15H2,1-3H3,(H2,22,23,24). The van der Waals surface area contributed by atoms with Crippen LogP contribution in [0.1, 0.15) is 50.7 Å². The molecule has 5 nitrogen and oxygen atoms in total. The average Bonchev–Trinajstić information content (AvgIpc) is 2.68. The molecule has 2 N–H and O–H groups in total. The molecular formula is C21H33N3O2. The first-order chi connectivity index (χ1) is 12.7. The maximum Gasteiger partial charge on any atom is 0.308 e. The fraction of sp³-hybridized carbons (Fsp3) is 0.619. The average molecular weight is 360 g/mol. The van der Waals surface area contributed by atoms with Crippen LogP contribution in [-0.4, -0.2) is 38.2 Å². The van der Waals surface area contributed by atoms with E-state index in [9.17, 15) is 4.79 Å². The van der Waals surface area contributed by atoms with E-state index in [2.05, 4.69) is 46.8 Å². The number of benzene rings is 1. The third-order valence-corrected chi connectivity index (χ3v) is 5.05. The van der Waals surface area contributed by atoms with E-state index in [4.69, 9.17) is 4.74 Å². The Kier molecular flexibility index (Phi) is 8.45. The van der Waals surface area contributed by atoms with Gasteiger partial charge in [-0.05, 0) is 56.6 Å². The van der Waals surface area contributed by atoms with Gasteiger partial charge in [0, 0.05) is 19.6 Å². The molecule has 0 spiro atoms. The van der Waals surface area contributed by atoms with Crippen LogP contribution in [0.15, 0.2) is 29.3 Å². The van der Waals surface area contributed by atoms with Gasteiger partial charge in [-0.25, -0.2) is 0 Å². The molecule has 0 amide bonds. The van der Waals surface area contributed by atoms with Gasteiger partial charge >= 0.3 is 5.97 Å². The lowest BCUT2D eigenvalue weighted by atomic mass is 9.86. The third kappa shape index (κ3) is 6.36. The Morgan fingerprint density at radius 1 is 1.12 bits per heavy atom. The highest BCUT2D eigenvalue weighted by molar-refractivity contribution is 5.80. The molecule has 2 rings (SSSR count). The minimum atomic E-state index is -0.0393. The zero-order valence-electron chi connectivity index (χ0n) is 16.4. The molecule has 0 atom stereocenters. The number of hydrogen-bond donors (Lipinski definition) is 2. The predicted molar refractivity (Wildman–Crippen MR) is 106 cm³/mol. The fourth-order valence-electron chi connectivity index (χ4n) is 3.39. The van der Waals surface area contributed by atoms with E-state index in [1.165, 1.54) is 11.1 Å². The topological polar surface area (TPSA) is 62.7 Å². The minimum Gasteiger partial charge on any atom is -0.466 e. The van der Waals surface area contributed by atoms with Crippen molar-refractivity contribution in [2.45, 2.75) is 58.4 Å². The summed E-state index contributed by atoms with van der Waals surface area (Å²) in [6, 6.07) is 9.17. The zero-order chi connectivity index (χ0) is 18.8. The van der Waals surface area contributed by atoms with E-state index in [0.29, 0.717) is 12.6 Å². The Bertz CT molecular complexity index is 575. The van der Waals surface area contributed by atoms with Crippen LogP contribution >= 0.6 is 0 Å². The fourth-order valence-corrected chi connectivity index (χ4v) is 3.39. The van der Waals surface area contributed by atoms with Gasteiger partial charge in [-0.2, -0.15) is 0 Å². The van der Waals surface area contributed by atoms with Gasteiger partial charge in [-0.1, -0.05) is 31.2 Å². The monoisotopic (exact) mass is 359 g/mol. The molecule has 5 heteroatoms. The zero-order valence-corrected chi connectivity index (χ0v) is 16.4. The second kappa shape index (κ2) is 10.8. The smallest absolute Gasteiger partial charge is 0.308 e. The van der Waals surface area contributed by atoms with Gasteiger partial charge < -0.3 is 15.4 Å². The Balaban J connectivity index is 1.70. The van der Waals surface area contributed by atoms with Crippen molar-refractivity contribution in [2.24, 2.45) is 10.9 Å². The predicted octanol–water partition coefficient (Wildman–Crippen LogP) is 3.08. The lowest BCUT2D eigenvalue weighted by Gasteiger charge is -2.29. The van der Waals surface area contributed by atoms with Crippen LogP contribution in [0.4, 0.5) is 0 Å². The normalized spacial score (nSPS) is 20.5. The molecule has 1 saturated carbocycles. The number of aryl methyl sites for hydroxylation is 1. The molecule has 0 bridgehead atoms. The molecule has 1 aliphatic carbocycles. The molecule has 0 unspecified atom stereocenters. The first-order valence-electron chi connectivity index (χ1n) is 9.87. The summed E-state index contributed by atoms with van der Waals surface area (Å²) >= 11 is 0. The van der Waals surface area contributed by atoms with Crippen LogP contribution in [0.5, 0.6) is 0 Å². The third-order valence-electron chi connectivity index (χ3n) is 5.05. The number of carbonyl (C=O) groups excluding carboxylic acids is 1. The summed E-state index contributed by atoms with van der Waals surface area (Å²) in [7, 11) is 1.80. The molecule has 1 aliphatic rings. The van der Waals surface area contributed by atoms with Crippen molar-refractivity contribution in [2.75, 3.05) is 20.2 Å². The number of esters is 1. The van der Waals surface area contributed by atoms with Crippen molar-refractivity contribution in [3.63, 3.8) is 0 Å². The molecule has 0 heterocycles. The van der Waals surface area contributed by atoms with Crippen molar-refractivity contribution in [3.8, 4) is 0 Å². The maximum absolute atomic E-state index is 11.8. The summed E-state index contributed by atoms with van der Waals surface area (Å²) in [5.74, 6) is 0.867. The van der Waals surface area contributed by atoms with Crippen molar-refractivity contribution in [1.29, 1.82) is 0 Å². The van der Waals surface area contributed by atoms with Crippen LogP contribution in [-0.2, 0) is 22.4 Å². The molecular weight excluding hydrogens is 326 g/mol. The second-order valence-corrected chi connectivity index (χ2v) is 6.86. The Labute approximate surface area is 157 Å². The molecule has 0 aromatic heterocycles. The first-order valence-corrected chi connectivity index (χ1v) is 9.87. The molecule has 1 aromatic rings. The lowest BCUT2D eigenvalue weighted by Crippen LogP contribution is -2.45. The summed E-state index contributed by atoms with van der Waals surface area (Å²) < 4.78 is 5.13. The van der Waals surface area contributed by atoms with Gasteiger partial charge in [0.1, 0.15) is 0 Å². The highest BCUT2D eigenvalue weighted by Gasteiger charge is 2.27. The summed E-state index contributed by atoms with van der Waals surface area (Å²) in [4.78, 5) is 16.1. The number of carbonyl (C=O) groups is 1.